The lowest BCUT2D eigenvalue weighted by atomic mass is 10.2. The number of morpholine rings is 1. The van der Waals surface area contributed by atoms with E-state index in [0.717, 1.165) is 42.7 Å². The van der Waals surface area contributed by atoms with E-state index in [1.165, 1.54) is 23.0 Å². The fourth-order valence-corrected chi connectivity index (χ4v) is 4.55. The van der Waals surface area contributed by atoms with Crippen molar-refractivity contribution in [2.24, 2.45) is 0 Å². The molecule has 1 aromatic heterocycles. The average molecular weight is 437 g/mol. The summed E-state index contributed by atoms with van der Waals surface area (Å²) in [6, 6.07) is 16.6. The SMILES string of the molecule is Cc1ccccc1-n1ccnc1SCC(=O)N(C)Cc1ccc(N2CCOCC2)cc1. The van der Waals surface area contributed by atoms with Crippen LogP contribution < -0.4 is 4.90 Å². The molecule has 0 saturated carbocycles. The minimum Gasteiger partial charge on any atom is -0.378 e. The first kappa shape index (κ1) is 21.5. The predicted molar refractivity (Wildman–Crippen MR) is 125 cm³/mol. The maximum Gasteiger partial charge on any atom is 0.233 e. The molecule has 4 rings (SSSR count). The number of benzene rings is 2. The molecule has 0 radical (unpaired) electrons. The highest BCUT2D eigenvalue weighted by Gasteiger charge is 2.15. The van der Waals surface area contributed by atoms with Crippen LogP contribution >= 0.6 is 11.8 Å². The van der Waals surface area contributed by atoms with Gasteiger partial charge in [0.1, 0.15) is 0 Å². The number of aromatic nitrogens is 2. The molecular formula is C24H28N4O2S. The van der Waals surface area contributed by atoms with E-state index in [2.05, 4.69) is 53.2 Å². The fraction of sp³-hybridized carbons (Fsp3) is 0.333. The van der Waals surface area contributed by atoms with Gasteiger partial charge in [0.05, 0.1) is 24.7 Å². The van der Waals surface area contributed by atoms with E-state index in [1.807, 2.05) is 29.9 Å². The summed E-state index contributed by atoms with van der Waals surface area (Å²) in [6.07, 6.45) is 3.72. The zero-order valence-electron chi connectivity index (χ0n) is 18.0. The average Bonchev–Trinajstić information content (AvgIpc) is 3.27. The van der Waals surface area contributed by atoms with Gasteiger partial charge in [-0.05, 0) is 36.2 Å². The second kappa shape index (κ2) is 10.0. The number of carbonyl (C=O) groups is 1. The number of rotatable bonds is 7. The third kappa shape index (κ3) is 5.29. The molecule has 2 aromatic carbocycles. The summed E-state index contributed by atoms with van der Waals surface area (Å²) < 4.78 is 7.46. The number of nitrogens with zero attached hydrogens (tertiary/aromatic N) is 4. The number of para-hydroxylation sites is 1. The first-order valence-electron chi connectivity index (χ1n) is 10.5. The summed E-state index contributed by atoms with van der Waals surface area (Å²) in [5.74, 6) is 0.437. The number of amides is 1. The lowest BCUT2D eigenvalue weighted by molar-refractivity contribution is -0.127. The van der Waals surface area contributed by atoms with E-state index < -0.39 is 0 Å². The maximum absolute atomic E-state index is 12.7. The number of thioether (sulfide) groups is 1. The summed E-state index contributed by atoms with van der Waals surface area (Å²) in [4.78, 5) is 21.3. The van der Waals surface area contributed by atoms with Gasteiger partial charge in [0.25, 0.3) is 0 Å². The Morgan fingerprint density at radius 3 is 2.61 bits per heavy atom. The molecule has 0 N–H and O–H groups in total. The first-order valence-corrected chi connectivity index (χ1v) is 11.5. The normalized spacial score (nSPS) is 13.9. The molecule has 0 bridgehead atoms. The van der Waals surface area contributed by atoms with E-state index in [0.29, 0.717) is 12.3 Å². The maximum atomic E-state index is 12.7. The van der Waals surface area contributed by atoms with Crippen LogP contribution in [0.15, 0.2) is 66.1 Å². The lowest BCUT2D eigenvalue weighted by Gasteiger charge is -2.29. The summed E-state index contributed by atoms with van der Waals surface area (Å²) in [5.41, 5.74) is 4.59. The minimum absolute atomic E-state index is 0.0848. The van der Waals surface area contributed by atoms with Crippen LogP contribution in [0, 0.1) is 6.92 Å². The Balaban J connectivity index is 1.32. The molecule has 0 spiro atoms. The highest BCUT2D eigenvalue weighted by Crippen LogP contribution is 2.23. The van der Waals surface area contributed by atoms with Crippen LogP contribution in [-0.4, -0.2) is 59.5 Å². The molecule has 6 nitrogen and oxygen atoms in total. The molecule has 1 aliphatic heterocycles. The van der Waals surface area contributed by atoms with Gasteiger partial charge in [-0.15, -0.1) is 0 Å². The van der Waals surface area contributed by atoms with Gasteiger partial charge in [0, 0.05) is 44.8 Å². The second-order valence-corrected chi connectivity index (χ2v) is 8.61. The van der Waals surface area contributed by atoms with Crippen LogP contribution in [0.3, 0.4) is 0 Å². The highest BCUT2D eigenvalue weighted by molar-refractivity contribution is 7.99. The molecule has 2 heterocycles. The Bertz CT molecular complexity index is 1010. The Morgan fingerprint density at radius 2 is 1.87 bits per heavy atom. The van der Waals surface area contributed by atoms with Crippen LogP contribution in [-0.2, 0) is 16.1 Å². The Kier molecular flexibility index (Phi) is 6.94. The molecule has 0 aliphatic carbocycles. The largest absolute Gasteiger partial charge is 0.378 e. The molecule has 0 unspecified atom stereocenters. The van der Waals surface area contributed by atoms with Crippen molar-refractivity contribution < 1.29 is 9.53 Å². The Hall–Kier alpha value is -2.77. The van der Waals surface area contributed by atoms with Gasteiger partial charge >= 0.3 is 0 Å². The molecule has 1 saturated heterocycles. The first-order chi connectivity index (χ1) is 15.1. The quantitative estimate of drug-likeness (QED) is 0.528. The van der Waals surface area contributed by atoms with E-state index in [-0.39, 0.29) is 5.91 Å². The number of hydrogen-bond acceptors (Lipinski definition) is 5. The molecule has 7 heteroatoms. The standard InChI is InChI=1S/C24H28N4O2S/c1-19-5-3-4-6-22(19)28-12-11-25-24(28)31-18-23(29)26(2)17-20-7-9-21(10-8-20)27-13-15-30-16-14-27/h3-12H,13-18H2,1-2H3. The van der Waals surface area contributed by atoms with Crippen molar-refractivity contribution in [3.8, 4) is 5.69 Å². The molecule has 162 valence electrons. The zero-order valence-corrected chi connectivity index (χ0v) is 18.8. The highest BCUT2D eigenvalue weighted by atomic mass is 32.2. The molecule has 31 heavy (non-hydrogen) atoms. The van der Waals surface area contributed by atoms with Gasteiger partial charge in [0.15, 0.2) is 5.16 Å². The molecule has 3 aromatic rings. The van der Waals surface area contributed by atoms with Crippen LogP contribution in [0.5, 0.6) is 0 Å². The number of imidazole rings is 1. The van der Waals surface area contributed by atoms with Crippen molar-refractivity contribution in [2.75, 3.05) is 44.0 Å². The van der Waals surface area contributed by atoms with Crippen LogP contribution in [0.25, 0.3) is 5.69 Å². The van der Waals surface area contributed by atoms with Crippen LogP contribution in [0.1, 0.15) is 11.1 Å². The lowest BCUT2D eigenvalue weighted by Crippen LogP contribution is -2.36. The van der Waals surface area contributed by atoms with Gasteiger partial charge in [-0.3, -0.25) is 9.36 Å². The summed E-state index contributed by atoms with van der Waals surface area (Å²) >= 11 is 1.47. The summed E-state index contributed by atoms with van der Waals surface area (Å²) in [5, 5.41) is 0.825. The minimum atomic E-state index is 0.0848. The zero-order chi connectivity index (χ0) is 21.6. The number of ether oxygens (including phenoxy) is 1. The van der Waals surface area contributed by atoms with Crippen molar-refractivity contribution >= 4 is 23.4 Å². The number of carbonyl (C=O) groups excluding carboxylic acids is 1. The van der Waals surface area contributed by atoms with Crippen molar-refractivity contribution in [2.45, 2.75) is 18.6 Å². The van der Waals surface area contributed by atoms with E-state index >= 15 is 0 Å². The predicted octanol–water partition coefficient (Wildman–Crippen LogP) is 3.77. The number of hydrogen-bond donors (Lipinski definition) is 0. The van der Waals surface area contributed by atoms with E-state index in [9.17, 15) is 4.79 Å². The molecule has 1 fully saturated rings. The summed E-state index contributed by atoms with van der Waals surface area (Å²) in [7, 11) is 1.85. The van der Waals surface area contributed by atoms with Gasteiger partial charge in [-0.25, -0.2) is 4.98 Å². The third-order valence-corrected chi connectivity index (χ3v) is 6.42. The Labute approximate surface area is 187 Å². The van der Waals surface area contributed by atoms with Crippen LogP contribution in [0.4, 0.5) is 5.69 Å². The molecule has 0 atom stereocenters. The van der Waals surface area contributed by atoms with Gasteiger partial charge in [-0.1, -0.05) is 42.1 Å². The fourth-order valence-electron chi connectivity index (χ4n) is 3.65. The van der Waals surface area contributed by atoms with E-state index in [4.69, 9.17) is 4.74 Å². The number of anilines is 1. The van der Waals surface area contributed by atoms with Crippen molar-refractivity contribution in [3.05, 3.63) is 72.1 Å². The molecule has 1 aliphatic rings. The monoisotopic (exact) mass is 436 g/mol. The second-order valence-electron chi connectivity index (χ2n) is 7.67. The van der Waals surface area contributed by atoms with Crippen molar-refractivity contribution in [1.29, 1.82) is 0 Å². The van der Waals surface area contributed by atoms with Gasteiger partial charge < -0.3 is 14.5 Å². The Morgan fingerprint density at radius 1 is 1.13 bits per heavy atom. The van der Waals surface area contributed by atoms with E-state index in [1.54, 1.807) is 11.1 Å². The third-order valence-electron chi connectivity index (χ3n) is 5.46. The van der Waals surface area contributed by atoms with Gasteiger partial charge in [-0.2, -0.15) is 0 Å². The van der Waals surface area contributed by atoms with Gasteiger partial charge in [0.2, 0.25) is 5.91 Å². The molecule has 1 amide bonds. The molecular weight excluding hydrogens is 408 g/mol. The number of aryl methyl sites for hydroxylation is 1. The topological polar surface area (TPSA) is 50.6 Å². The summed E-state index contributed by atoms with van der Waals surface area (Å²) in [6.45, 7) is 6.07. The van der Waals surface area contributed by atoms with Crippen LogP contribution in [0.2, 0.25) is 0 Å². The van der Waals surface area contributed by atoms with Crippen molar-refractivity contribution in [3.63, 3.8) is 0 Å². The smallest absolute Gasteiger partial charge is 0.233 e. The van der Waals surface area contributed by atoms with Crippen molar-refractivity contribution in [1.82, 2.24) is 14.5 Å².